The molecule has 212 valence electrons. The smallest absolute Gasteiger partial charge is 0.216 e. The van der Waals surface area contributed by atoms with Crippen molar-refractivity contribution in [2.45, 2.75) is 47.2 Å². The van der Waals surface area contributed by atoms with Crippen molar-refractivity contribution in [3.63, 3.8) is 0 Å². The van der Waals surface area contributed by atoms with Crippen LogP contribution in [-0.4, -0.2) is 8.07 Å². The molecule has 0 N–H and O–H groups in total. The molecule has 0 saturated heterocycles. The number of rotatable bonds is 3. The quantitative estimate of drug-likeness (QED) is 0.156. The Balaban J connectivity index is 1.50. The van der Waals surface area contributed by atoms with E-state index in [1.807, 2.05) is 52.9 Å². The average Bonchev–Trinajstić information content (AvgIpc) is 3.49. The molecule has 3 nitrogen and oxygen atoms in total. The van der Waals surface area contributed by atoms with Crippen molar-refractivity contribution in [2.24, 2.45) is 12.5 Å². The van der Waals surface area contributed by atoms with Crippen molar-refractivity contribution < 1.29 is 13.1 Å². The molecule has 1 aliphatic rings. The van der Waals surface area contributed by atoms with Crippen LogP contribution in [0.1, 0.15) is 41.6 Å². The lowest BCUT2D eigenvalue weighted by Gasteiger charge is -2.19. The first-order valence-electron chi connectivity index (χ1n) is 16.3. The topological polar surface area (TPSA) is 40.8 Å². The fourth-order valence-corrected chi connectivity index (χ4v) is 9.93. The van der Waals surface area contributed by atoms with Gasteiger partial charge >= 0.3 is 0 Å². The predicted molar refractivity (Wildman–Crippen MR) is 181 cm³/mol. The highest BCUT2D eigenvalue weighted by atomic mass is 28.3. The summed E-state index contributed by atoms with van der Waals surface area (Å²) in [5.74, 6) is 0. The number of hydrogen-bond donors (Lipinski definition) is 0. The van der Waals surface area contributed by atoms with Crippen molar-refractivity contribution in [2.75, 3.05) is 0 Å². The highest BCUT2D eigenvalue weighted by Crippen LogP contribution is 2.43. The Labute approximate surface area is 259 Å². The van der Waals surface area contributed by atoms with Gasteiger partial charge in [-0.15, -0.1) is 0 Å². The zero-order valence-corrected chi connectivity index (χ0v) is 26.8. The Bertz CT molecular complexity index is 2300. The van der Waals surface area contributed by atoms with E-state index in [0.717, 1.165) is 33.0 Å². The van der Waals surface area contributed by atoms with Crippen LogP contribution in [0.15, 0.2) is 89.5 Å². The molecule has 4 heteroatoms. The first-order chi connectivity index (χ1) is 21.7. The Morgan fingerprint density at radius 3 is 2.33 bits per heavy atom. The van der Waals surface area contributed by atoms with Crippen LogP contribution < -0.4 is 14.9 Å². The average molecular weight is 581 g/mol. The van der Waals surface area contributed by atoms with Crippen molar-refractivity contribution in [1.82, 2.24) is 0 Å². The Kier molecular flexibility index (Phi) is 5.32. The van der Waals surface area contributed by atoms with Gasteiger partial charge in [0.1, 0.15) is 27.7 Å². The van der Waals surface area contributed by atoms with E-state index in [9.17, 15) is 5.26 Å². The molecule has 7 rings (SSSR count). The summed E-state index contributed by atoms with van der Waals surface area (Å²) >= 11 is 0. The molecular formula is C39H37N2OSi+. The van der Waals surface area contributed by atoms with Gasteiger partial charge in [-0.2, -0.15) is 5.26 Å². The van der Waals surface area contributed by atoms with Crippen LogP contribution >= 0.6 is 0 Å². The van der Waals surface area contributed by atoms with Gasteiger partial charge in [0.05, 0.1) is 17.2 Å². The molecule has 0 spiro atoms. The molecule has 43 heavy (non-hydrogen) atoms. The van der Waals surface area contributed by atoms with Gasteiger partial charge in [0.25, 0.3) is 0 Å². The summed E-state index contributed by atoms with van der Waals surface area (Å²) in [7, 11) is -0.108. The van der Waals surface area contributed by atoms with Crippen LogP contribution in [0.25, 0.3) is 55.4 Å². The zero-order chi connectivity index (χ0) is 32.9. The molecule has 0 unspecified atom stereocenters. The molecule has 0 atom stereocenters. The lowest BCUT2D eigenvalue weighted by Crippen LogP contribution is -2.49. The summed E-state index contributed by atoms with van der Waals surface area (Å²) in [6, 6.07) is 29.2. The van der Waals surface area contributed by atoms with E-state index in [2.05, 4.69) is 73.8 Å². The van der Waals surface area contributed by atoms with E-state index < -0.39 is 19.9 Å². The van der Waals surface area contributed by atoms with E-state index in [1.165, 1.54) is 21.5 Å². The fraction of sp³-hybridized carbons (Fsp3) is 0.231. The van der Waals surface area contributed by atoms with Crippen LogP contribution in [0, 0.1) is 23.7 Å². The molecule has 0 aliphatic carbocycles. The number of benzene rings is 4. The van der Waals surface area contributed by atoms with Gasteiger partial charge < -0.3 is 4.42 Å². The van der Waals surface area contributed by atoms with Crippen molar-refractivity contribution in [3.05, 3.63) is 102 Å². The highest BCUT2D eigenvalue weighted by molar-refractivity contribution is 7.03. The first-order valence-corrected chi connectivity index (χ1v) is 17.8. The van der Waals surface area contributed by atoms with Crippen molar-refractivity contribution in [3.8, 4) is 39.6 Å². The van der Waals surface area contributed by atoms with E-state index >= 15 is 0 Å². The number of pyridine rings is 1. The number of furan rings is 1. The van der Waals surface area contributed by atoms with Crippen molar-refractivity contribution >= 4 is 40.4 Å². The normalized spacial score (nSPS) is 15.1. The third-order valence-corrected chi connectivity index (χ3v) is 12.4. The molecule has 4 aromatic carbocycles. The van der Waals surface area contributed by atoms with Crippen LogP contribution in [0.3, 0.4) is 0 Å². The molecule has 0 amide bonds. The minimum Gasteiger partial charge on any atom is -0.454 e. The van der Waals surface area contributed by atoms with Gasteiger partial charge in [-0.3, -0.25) is 0 Å². The maximum atomic E-state index is 10.3. The summed E-state index contributed by atoms with van der Waals surface area (Å²) < 4.78 is 35.4. The standard InChI is InChI=1S/C39H37N2OSi/c1-24-12-15-30-31-17-14-27(23-40)36(26-13-16-29-28-10-8-9-11-33(28)43(6,7)34(29)21-26)38(31)42-37(30)35(24)32-20-25(18-19-41(32)5)22-39(2,3)4/h8-21H,22H2,1-7H3/q+1/i19D,22D2. The third-order valence-electron chi connectivity index (χ3n) is 8.85. The molecule has 0 fully saturated rings. The first kappa shape index (κ1) is 24.0. The molecular weight excluding hydrogens is 541 g/mol. The Hall–Kier alpha value is -4.46. The monoisotopic (exact) mass is 580 g/mol. The van der Waals surface area contributed by atoms with Gasteiger partial charge in [-0.25, -0.2) is 4.57 Å². The number of aromatic nitrogens is 1. The molecule has 0 bridgehead atoms. The highest BCUT2D eigenvalue weighted by Gasteiger charge is 2.37. The van der Waals surface area contributed by atoms with E-state index in [4.69, 9.17) is 8.53 Å². The molecule has 2 aromatic heterocycles. The van der Waals surface area contributed by atoms with E-state index in [-0.39, 0.29) is 6.17 Å². The molecule has 6 aromatic rings. The van der Waals surface area contributed by atoms with Crippen LogP contribution in [-0.2, 0) is 13.4 Å². The summed E-state index contributed by atoms with van der Waals surface area (Å²) in [5, 5.41) is 15.0. The van der Waals surface area contributed by atoms with Gasteiger partial charge in [0.15, 0.2) is 6.17 Å². The number of nitriles is 1. The molecule has 0 radical (unpaired) electrons. The summed E-state index contributed by atoms with van der Waals surface area (Å²) in [5.41, 5.74) is 8.49. The maximum absolute atomic E-state index is 10.3. The predicted octanol–water partition coefficient (Wildman–Crippen LogP) is 8.32. The number of fused-ring (bicyclic) bond motifs is 6. The molecule has 0 saturated carbocycles. The zero-order valence-electron chi connectivity index (χ0n) is 28.8. The summed E-state index contributed by atoms with van der Waals surface area (Å²) in [4.78, 5) is 0. The van der Waals surface area contributed by atoms with Gasteiger partial charge in [0.2, 0.25) is 5.69 Å². The van der Waals surface area contributed by atoms with Gasteiger partial charge in [-0.05, 0) is 69.0 Å². The number of hydrogen-bond acceptors (Lipinski definition) is 2. The lowest BCUT2D eigenvalue weighted by molar-refractivity contribution is -0.660. The lowest BCUT2D eigenvalue weighted by atomic mass is 9.87. The Morgan fingerprint density at radius 2 is 1.58 bits per heavy atom. The van der Waals surface area contributed by atoms with E-state index in [1.54, 1.807) is 10.6 Å². The molecule has 1 aliphatic heterocycles. The van der Waals surface area contributed by atoms with Crippen LogP contribution in [0.5, 0.6) is 0 Å². The minimum atomic E-state index is -1.94. The second-order valence-corrected chi connectivity index (χ2v) is 17.7. The van der Waals surface area contributed by atoms with Gasteiger partial charge in [-0.1, -0.05) is 88.5 Å². The minimum absolute atomic E-state index is 0.214. The number of aryl methyl sites for hydroxylation is 1. The van der Waals surface area contributed by atoms with E-state index in [0.29, 0.717) is 28.0 Å². The molecule has 3 heterocycles. The fourth-order valence-electron chi connectivity index (χ4n) is 6.83. The largest absolute Gasteiger partial charge is 0.454 e. The van der Waals surface area contributed by atoms with Crippen LogP contribution in [0.2, 0.25) is 13.1 Å². The van der Waals surface area contributed by atoms with Crippen LogP contribution in [0.4, 0.5) is 0 Å². The number of nitrogens with zero attached hydrogens (tertiary/aromatic N) is 2. The Morgan fingerprint density at radius 1 is 0.884 bits per heavy atom. The maximum Gasteiger partial charge on any atom is 0.216 e. The third kappa shape index (κ3) is 4.26. The second-order valence-electron chi connectivity index (χ2n) is 13.3. The van der Waals surface area contributed by atoms with Crippen molar-refractivity contribution in [1.29, 1.82) is 5.26 Å². The van der Waals surface area contributed by atoms with Gasteiger partial charge in [0, 0.05) is 31.2 Å². The summed E-state index contributed by atoms with van der Waals surface area (Å²) in [6.07, 6.45) is -1.45. The summed E-state index contributed by atoms with van der Waals surface area (Å²) in [6.45, 7) is 12.4. The SMILES string of the molecule is [2H]c1cc(C([2H])([2H])C(C)(C)C)cc(-c2c(C)ccc3c2oc2c(-c4ccc5c(c4)[Si](C)(C)c4ccccc4-5)c(C#N)ccc23)[n+]1C. The second kappa shape index (κ2) is 9.52.